The molecule has 0 radical (unpaired) electrons. The Morgan fingerprint density at radius 1 is 1.32 bits per heavy atom. The van der Waals surface area contributed by atoms with Gasteiger partial charge < -0.3 is 16.0 Å². The molecule has 122 valence electrons. The highest BCUT2D eigenvalue weighted by Gasteiger charge is 2.32. The second-order valence-electron chi connectivity index (χ2n) is 6.46. The minimum atomic E-state index is 0.0860. The number of aromatic amines is 1. The van der Waals surface area contributed by atoms with Gasteiger partial charge in [0.2, 0.25) is 11.9 Å². The number of nitrogen functional groups attached to an aromatic ring is 1. The fraction of sp³-hybridized carbons (Fsp3) is 0.800. The number of aromatic nitrogens is 3. The van der Waals surface area contributed by atoms with Crippen LogP contribution in [-0.2, 0) is 11.3 Å². The summed E-state index contributed by atoms with van der Waals surface area (Å²) in [6, 6.07) is 0.712. The van der Waals surface area contributed by atoms with Crippen molar-refractivity contribution in [1.29, 1.82) is 0 Å². The van der Waals surface area contributed by atoms with E-state index in [2.05, 4.69) is 25.4 Å². The number of hydrogen-bond acceptors (Lipinski definition) is 5. The molecule has 0 saturated carbocycles. The van der Waals surface area contributed by atoms with Gasteiger partial charge in [0, 0.05) is 12.5 Å². The lowest BCUT2D eigenvalue weighted by molar-refractivity contribution is -0.121. The first-order valence-electron chi connectivity index (χ1n) is 8.40. The van der Waals surface area contributed by atoms with Crippen LogP contribution in [0.4, 0.5) is 5.95 Å². The molecule has 3 heterocycles. The highest BCUT2D eigenvalue weighted by molar-refractivity contribution is 5.75. The molecule has 1 aromatic heterocycles. The normalized spacial score (nSPS) is 25.6. The zero-order valence-electron chi connectivity index (χ0n) is 13.1. The summed E-state index contributed by atoms with van der Waals surface area (Å²) in [6.45, 7) is 2.86. The smallest absolute Gasteiger partial charge is 0.239 e. The molecule has 0 bridgehead atoms. The third kappa shape index (κ3) is 3.76. The van der Waals surface area contributed by atoms with Gasteiger partial charge in [0.1, 0.15) is 5.82 Å². The topological polar surface area (TPSA) is 99.9 Å². The summed E-state index contributed by atoms with van der Waals surface area (Å²) >= 11 is 0. The Bertz CT molecular complexity index is 500. The van der Waals surface area contributed by atoms with Gasteiger partial charge in [-0.15, -0.1) is 5.10 Å². The van der Waals surface area contributed by atoms with Crippen molar-refractivity contribution in [1.82, 2.24) is 25.4 Å². The minimum Gasteiger partial charge on any atom is -0.367 e. The fourth-order valence-corrected chi connectivity index (χ4v) is 3.89. The fourth-order valence-electron chi connectivity index (χ4n) is 3.89. The summed E-state index contributed by atoms with van der Waals surface area (Å²) in [5.74, 6) is 1.58. The number of nitrogens with zero attached hydrogens (tertiary/aromatic N) is 3. The van der Waals surface area contributed by atoms with Crippen LogP contribution in [0.5, 0.6) is 0 Å². The molecule has 0 unspecified atom stereocenters. The summed E-state index contributed by atoms with van der Waals surface area (Å²) < 4.78 is 0. The Morgan fingerprint density at radius 3 is 3.00 bits per heavy atom. The van der Waals surface area contributed by atoms with Crippen molar-refractivity contribution in [2.24, 2.45) is 5.92 Å². The number of piperidine rings is 2. The molecule has 0 aliphatic carbocycles. The van der Waals surface area contributed by atoms with Crippen LogP contribution in [0.3, 0.4) is 0 Å². The SMILES string of the molecule is Nc1n[nH]c(CNC(=O)CC[C@@H]2CCCN3CCCC[C@H]23)n1. The van der Waals surface area contributed by atoms with Gasteiger partial charge >= 0.3 is 0 Å². The van der Waals surface area contributed by atoms with E-state index in [9.17, 15) is 4.79 Å². The van der Waals surface area contributed by atoms with Crippen LogP contribution >= 0.6 is 0 Å². The summed E-state index contributed by atoms with van der Waals surface area (Å²) in [6.07, 6.45) is 8.13. The molecule has 3 rings (SSSR count). The third-order valence-corrected chi connectivity index (χ3v) is 4.97. The number of hydrogen-bond donors (Lipinski definition) is 3. The summed E-state index contributed by atoms with van der Waals surface area (Å²) in [5.41, 5.74) is 5.43. The van der Waals surface area contributed by atoms with E-state index in [0.29, 0.717) is 30.7 Å². The number of anilines is 1. The number of rotatable bonds is 5. The maximum atomic E-state index is 12.0. The van der Waals surface area contributed by atoms with E-state index in [1.165, 1.54) is 45.2 Å². The predicted octanol–water partition coefficient (Wildman–Crippen LogP) is 1.05. The van der Waals surface area contributed by atoms with Crippen molar-refractivity contribution in [3.05, 3.63) is 5.82 Å². The van der Waals surface area contributed by atoms with E-state index >= 15 is 0 Å². The molecule has 2 aliphatic heterocycles. The molecule has 2 aliphatic rings. The molecule has 7 heteroatoms. The molecule has 2 fully saturated rings. The quantitative estimate of drug-likeness (QED) is 0.755. The number of H-pyrrole nitrogens is 1. The van der Waals surface area contributed by atoms with Crippen molar-refractivity contribution in [2.75, 3.05) is 18.8 Å². The van der Waals surface area contributed by atoms with E-state index in [-0.39, 0.29) is 11.9 Å². The molecule has 0 aromatic carbocycles. The van der Waals surface area contributed by atoms with E-state index in [0.717, 1.165) is 6.42 Å². The zero-order chi connectivity index (χ0) is 15.4. The zero-order valence-corrected chi connectivity index (χ0v) is 13.1. The lowest BCUT2D eigenvalue weighted by Crippen LogP contribution is -2.48. The van der Waals surface area contributed by atoms with Gasteiger partial charge in [-0.25, -0.2) is 0 Å². The Labute approximate surface area is 131 Å². The largest absolute Gasteiger partial charge is 0.367 e. The first-order chi connectivity index (χ1) is 10.7. The Morgan fingerprint density at radius 2 is 2.18 bits per heavy atom. The number of nitrogens with two attached hydrogens (primary N) is 1. The Hall–Kier alpha value is -1.63. The van der Waals surface area contributed by atoms with Crippen molar-refractivity contribution >= 4 is 11.9 Å². The third-order valence-electron chi connectivity index (χ3n) is 4.97. The summed E-state index contributed by atoms with van der Waals surface area (Å²) in [4.78, 5) is 18.6. The van der Waals surface area contributed by atoms with Crippen LogP contribution in [0, 0.1) is 5.92 Å². The van der Waals surface area contributed by atoms with Gasteiger partial charge in [-0.3, -0.25) is 9.89 Å². The van der Waals surface area contributed by atoms with Crippen LogP contribution in [-0.4, -0.2) is 45.1 Å². The number of carbonyl (C=O) groups is 1. The molecule has 2 atom stereocenters. The maximum Gasteiger partial charge on any atom is 0.239 e. The Kier molecular flexibility index (Phi) is 4.92. The lowest BCUT2D eigenvalue weighted by atomic mass is 9.81. The summed E-state index contributed by atoms with van der Waals surface area (Å²) in [5, 5.41) is 9.32. The average molecular weight is 306 g/mol. The minimum absolute atomic E-state index is 0.0860. The molecular weight excluding hydrogens is 280 g/mol. The van der Waals surface area contributed by atoms with Crippen LogP contribution in [0.15, 0.2) is 0 Å². The standard InChI is InChI=1S/C15H26N6O/c16-15-18-13(19-20-15)10-17-14(22)7-6-11-4-3-9-21-8-2-1-5-12(11)21/h11-12H,1-10H2,(H,17,22)(H3,16,18,19,20)/t11-,12+/m0/s1. The highest BCUT2D eigenvalue weighted by Crippen LogP contribution is 2.33. The molecule has 2 saturated heterocycles. The van der Waals surface area contributed by atoms with Gasteiger partial charge in [0.05, 0.1) is 6.54 Å². The van der Waals surface area contributed by atoms with Gasteiger partial charge in [0.15, 0.2) is 0 Å². The first kappa shape index (κ1) is 15.3. The highest BCUT2D eigenvalue weighted by atomic mass is 16.1. The molecule has 7 nitrogen and oxygen atoms in total. The van der Waals surface area contributed by atoms with Crippen molar-refractivity contribution < 1.29 is 4.79 Å². The van der Waals surface area contributed by atoms with Gasteiger partial charge in [0.25, 0.3) is 0 Å². The van der Waals surface area contributed by atoms with Gasteiger partial charge in [-0.1, -0.05) is 6.42 Å². The van der Waals surface area contributed by atoms with Crippen molar-refractivity contribution in [3.63, 3.8) is 0 Å². The first-order valence-corrected chi connectivity index (χ1v) is 8.40. The number of amides is 1. The molecule has 1 amide bonds. The molecule has 0 spiro atoms. The monoisotopic (exact) mass is 306 g/mol. The second-order valence-corrected chi connectivity index (χ2v) is 6.46. The van der Waals surface area contributed by atoms with Crippen molar-refractivity contribution in [3.8, 4) is 0 Å². The van der Waals surface area contributed by atoms with Crippen LogP contribution in [0.2, 0.25) is 0 Å². The number of fused-ring (bicyclic) bond motifs is 1. The Balaban J connectivity index is 1.42. The average Bonchev–Trinajstić information content (AvgIpc) is 2.96. The maximum absolute atomic E-state index is 12.0. The molecular formula is C15H26N6O. The molecule has 1 aromatic rings. The van der Waals surface area contributed by atoms with Crippen LogP contribution in [0.1, 0.15) is 50.8 Å². The van der Waals surface area contributed by atoms with Crippen LogP contribution < -0.4 is 11.1 Å². The summed E-state index contributed by atoms with van der Waals surface area (Å²) in [7, 11) is 0. The van der Waals surface area contributed by atoms with Gasteiger partial charge in [-0.2, -0.15) is 4.98 Å². The predicted molar refractivity (Wildman–Crippen MR) is 83.8 cm³/mol. The van der Waals surface area contributed by atoms with E-state index < -0.39 is 0 Å². The van der Waals surface area contributed by atoms with Crippen LogP contribution in [0.25, 0.3) is 0 Å². The number of nitrogens with one attached hydrogen (secondary N) is 2. The molecule has 22 heavy (non-hydrogen) atoms. The van der Waals surface area contributed by atoms with E-state index in [1.807, 2.05) is 0 Å². The second kappa shape index (κ2) is 7.09. The number of carbonyl (C=O) groups excluding carboxylic acids is 1. The van der Waals surface area contributed by atoms with E-state index in [1.54, 1.807) is 0 Å². The molecule has 4 N–H and O–H groups in total. The van der Waals surface area contributed by atoms with E-state index in [4.69, 9.17) is 5.73 Å². The van der Waals surface area contributed by atoms with Crippen molar-refractivity contribution in [2.45, 2.75) is 57.5 Å². The van der Waals surface area contributed by atoms with Gasteiger partial charge in [-0.05, 0) is 51.1 Å². The lowest BCUT2D eigenvalue weighted by Gasteiger charge is -2.44.